The highest BCUT2D eigenvalue weighted by Gasteiger charge is 2.18. The molecule has 6 heteroatoms. The minimum absolute atomic E-state index is 0.00722. The molecule has 0 radical (unpaired) electrons. The van der Waals surface area contributed by atoms with Gasteiger partial charge in [0.25, 0.3) is 5.56 Å². The lowest BCUT2D eigenvalue weighted by Crippen LogP contribution is -2.43. The standard InChI is InChI=1S/C13H17FN4O/c1-4-17(3)18-12(8(2)15)16-10-7-5-6-9(14)11(10)13(18)19/h5-8H,4,15H2,1-3H3/t8-/m0/s1. The van der Waals surface area contributed by atoms with Gasteiger partial charge in [0.05, 0.1) is 11.6 Å². The van der Waals surface area contributed by atoms with Crippen molar-refractivity contribution in [1.29, 1.82) is 0 Å². The molecule has 102 valence electrons. The van der Waals surface area contributed by atoms with E-state index in [-0.39, 0.29) is 5.39 Å². The quantitative estimate of drug-likeness (QED) is 0.903. The summed E-state index contributed by atoms with van der Waals surface area (Å²) in [6.45, 7) is 4.22. The molecule has 1 atom stereocenters. The number of halogens is 1. The Balaban J connectivity index is 2.91. The van der Waals surface area contributed by atoms with Crippen LogP contribution in [-0.2, 0) is 0 Å². The van der Waals surface area contributed by atoms with Crippen molar-refractivity contribution in [3.63, 3.8) is 0 Å². The Labute approximate surface area is 110 Å². The number of rotatable bonds is 3. The zero-order valence-electron chi connectivity index (χ0n) is 11.2. The molecule has 1 heterocycles. The number of hydrogen-bond acceptors (Lipinski definition) is 4. The first-order valence-electron chi connectivity index (χ1n) is 6.15. The highest BCUT2D eigenvalue weighted by atomic mass is 19.1. The van der Waals surface area contributed by atoms with Crippen molar-refractivity contribution < 1.29 is 4.39 Å². The average Bonchev–Trinajstić information content (AvgIpc) is 2.37. The molecule has 0 spiro atoms. The Hall–Kier alpha value is -1.95. The van der Waals surface area contributed by atoms with E-state index in [1.807, 2.05) is 6.92 Å². The molecule has 5 nitrogen and oxygen atoms in total. The van der Waals surface area contributed by atoms with Crippen LogP contribution in [0.25, 0.3) is 10.9 Å². The molecule has 2 N–H and O–H groups in total. The Morgan fingerprint density at radius 1 is 1.53 bits per heavy atom. The molecular formula is C13H17FN4O. The van der Waals surface area contributed by atoms with Crippen LogP contribution in [0.5, 0.6) is 0 Å². The lowest BCUT2D eigenvalue weighted by Gasteiger charge is -2.24. The van der Waals surface area contributed by atoms with Gasteiger partial charge in [0, 0.05) is 13.6 Å². The van der Waals surface area contributed by atoms with Crippen LogP contribution in [0.15, 0.2) is 23.0 Å². The van der Waals surface area contributed by atoms with Gasteiger partial charge < -0.3 is 10.7 Å². The van der Waals surface area contributed by atoms with E-state index in [4.69, 9.17) is 5.73 Å². The van der Waals surface area contributed by atoms with Crippen molar-refractivity contribution in [1.82, 2.24) is 9.66 Å². The van der Waals surface area contributed by atoms with Crippen LogP contribution < -0.4 is 16.3 Å². The monoisotopic (exact) mass is 264 g/mol. The fraction of sp³-hybridized carbons (Fsp3) is 0.385. The van der Waals surface area contributed by atoms with Crippen molar-refractivity contribution in [2.45, 2.75) is 19.9 Å². The molecule has 0 fully saturated rings. The normalized spacial score (nSPS) is 12.7. The minimum atomic E-state index is -0.565. The van der Waals surface area contributed by atoms with E-state index in [1.54, 1.807) is 25.0 Å². The fourth-order valence-corrected chi connectivity index (χ4v) is 1.96. The van der Waals surface area contributed by atoms with Crippen molar-refractivity contribution in [2.75, 3.05) is 18.6 Å². The van der Waals surface area contributed by atoms with E-state index in [2.05, 4.69) is 4.98 Å². The summed E-state index contributed by atoms with van der Waals surface area (Å²) in [6, 6.07) is 3.98. The summed E-state index contributed by atoms with van der Waals surface area (Å²) < 4.78 is 15.2. The number of aromatic nitrogens is 2. The average molecular weight is 264 g/mol. The summed E-state index contributed by atoms with van der Waals surface area (Å²) in [5.74, 6) is -0.142. The van der Waals surface area contributed by atoms with Crippen molar-refractivity contribution in [3.05, 3.63) is 40.2 Å². The van der Waals surface area contributed by atoms with Crippen LogP contribution in [0.4, 0.5) is 4.39 Å². The molecule has 0 unspecified atom stereocenters. The predicted molar refractivity (Wildman–Crippen MR) is 73.2 cm³/mol. The molecule has 0 saturated heterocycles. The highest BCUT2D eigenvalue weighted by molar-refractivity contribution is 5.78. The van der Waals surface area contributed by atoms with E-state index in [0.717, 1.165) is 0 Å². The van der Waals surface area contributed by atoms with Crippen molar-refractivity contribution in [3.8, 4) is 0 Å². The van der Waals surface area contributed by atoms with Gasteiger partial charge in [0.1, 0.15) is 17.0 Å². The maximum absolute atomic E-state index is 13.8. The zero-order chi connectivity index (χ0) is 14.2. The Bertz CT molecular complexity index is 665. The molecule has 1 aromatic heterocycles. The second kappa shape index (κ2) is 4.97. The third-order valence-corrected chi connectivity index (χ3v) is 3.06. The van der Waals surface area contributed by atoms with E-state index < -0.39 is 17.4 Å². The first-order valence-corrected chi connectivity index (χ1v) is 6.15. The molecule has 0 amide bonds. The number of nitrogens with two attached hydrogens (primary N) is 1. The highest BCUT2D eigenvalue weighted by Crippen LogP contribution is 2.15. The Morgan fingerprint density at radius 2 is 2.21 bits per heavy atom. The number of benzene rings is 1. The lowest BCUT2D eigenvalue weighted by molar-refractivity contribution is 0.562. The first-order chi connectivity index (χ1) is 8.97. The van der Waals surface area contributed by atoms with Crippen LogP contribution in [0.3, 0.4) is 0 Å². The third kappa shape index (κ3) is 2.19. The largest absolute Gasteiger partial charge is 0.322 e. The summed E-state index contributed by atoms with van der Waals surface area (Å²) in [5, 5.41) is 1.66. The molecule has 2 aromatic rings. The van der Waals surface area contributed by atoms with Gasteiger partial charge in [-0.05, 0) is 26.0 Å². The topological polar surface area (TPSA) is 64.2 Å². The van der Waals surface area contributed by atoms with Crippen LogP contribution in [0.1, 0.15) is 25.7 Å². The van der Waals surface area contributed by atoms with Gasteiger partial charge in [-0.2, -0.15) is 0 Å². The second-order valence-corrected chi connectivity index (χ2v) is 4.48. The number of fused-ring (bicyclic) bond motifs is 1. The SMILES string of the molecule is CCN(C)n1c([C@H](C)N)nc2cccc(F)c2c1=O. The molecule has 2 rings (SSSR count). The van der Waals surface area contributed by atoms with E-state index >= 15 is 0 Å². The summed E-state index contributed by atoms with van der Waals surface area (Å²) in [7, 11) is 1.74. The van der Waals surface area contributed by atoms with Crippen LogP contribution in [0, 0.1) is 5.82 Å². The van der Waals surface area contributed by atoms with Gasteiger partial charge in [0.2, 0.25) is 0 Å². The van der Waals surface area contributed by atoms with Crippen LogP contribution >= 0.6 is 0 Å². The lowest BCUT2D eigenvalue weighted by atomic mass is 10.2. The maximum atomic E-state index is 13.8. The van der Waals surface area contributed by atoms with Gasteiger partial charge in [-0.25, -0.2) is 14.1 Å². The summed E-state index contributed by atoms with van der Waals surface area (Å²) in [4.78, 5) is 16.8. The maximum Gasteiger partial charge on any atom is 0.283 e. The van der Waals surface area contributed by atoms with Crippen molar-refractivity contribution in [2.24, 2.45) is 5.73 Å². The smallest absolute Gasteiger partial charge is 0.283 e. The Morgan fingerprint density at radius 3 is 2.79 bits per heavy atom. The molecule has 0 bridgehead atoms. The second-order valence-electron chi connectivity index (χ2n) is 4.48. The van der Waals surface area contributed by atoms with Gasteiger partial charge in [0.15, 0.2) is 0 Å². The van der Waals surface area contributed by atoms with E-state index in [0.29, 0.717) is 17.9 Å². The summed E-state index contributed by atoms with van der Waals surface area (Å²) >= 11 is 0. The summed E-state index contributed by atoms with van der Waals surface area (Å²) in [5.41, 5.74) is 5.76. The number of nitrogens with zero attached hydrogens (tertiary/aromatic N) is 3. The molecule has 0 aliphatic carbocycles. The van der Waals surface area contributed by atoms with Gasteiger partial charge in [-0.3, -0.25) is 4.79 Å². The van der Waals surface area contributed by atoms with Gasteiger partial charge in [-0.1, -0.05) is 6.07 Å². The molecule has 1 aromatic carbocycles. The van der Waals surface area contributed by atoms with Crippen LogP contribution in [-0.4, -0.2) is 23.3 Å². The fourth-order valence-electron chi connectivity index (χ4n) is 1.96. The molecule has 0 aliphatic rings. The van der Waals surface area contributed by atoms with Gasteiger partial charge in [-0.15, -0.1) is 0 Å². The number of hydrogen-bond donors (Lipinski definition) is 1. The van der Waals surface area contributed by atoms with Crippen LogP contribution in [0.2, 0.25) is 0 Å². The van der Waals surface area contributed by atoms with Gasteiger partial charge >= 0.3 is 0 Å². The predicted octanol–water partition coefficient (Wildman–Crippen LogP) is 1.14. The van der Waals surface area contributed by atoms with E-state index in [9.17, 15) is 9.18 Å². The molecular weight excluding hydrogens is 247 g/mol. The van der Waals surface area contributed by atoms with Crippen molar-refractivity contribution >= 4 is 10.9 Å². The molecule has 19 heavy (non-hydrogen) atoms. The molecule has 0 saturated carbocycles. The first kappa shape index (κ1) is 13.5. The summed E-state index contributed by atoms with van der Waals surface area (Å²) in [6.07, 6.45) is 0. The van der Waals surface area contributed by atoms with E-state index in [1.165, 1.54) is 16.8 Å². The molecule has 0 aliphatic heterocycles. The zero-order valence-corrected chi connectivity index (χ0v) is 11.2. The third-order valence-electron chi connectivity index (χ3n) is 3.06. The minimum Gasteiger partial charge on any atom is -0.322 e. The Kier molecular flexibility index (Phi) is 3.53.